The fraction of sp³-hybridized carbons (Fsp3) is 0.500. The maximum absolute atomic E-state index is 13.8. The van der Waals surface area contributed by atoms with E-state index in [1.54, 1.807) is 11.8 Å². The molecule has 1 N–H and O–H groups in total. The molecule has 134 valence electrons. The normalized spacial score (nSPS) is 17.0. The minimum absolute atomic E-state index is 0.0280. The second-order valence-electron chi connectivity index (χ2n) is 5.31. The van der Waals surface area contributed by atoms with Crippen LogP contribution in [0.3, 0.4) is 0 Å². The van der Waals surface area contributed by atoms with Crippen molar-refractivity contribution in [1.29, 1.82) is 0 Å². The molecule has 0 aliphatic carbocycles. The number of likely N-dealkylation sites (N-methyl/N-ethyl adjacent to an activating group) is 1. The van der Waals surface area contributed by atoms with Crippen molar-refractivity contribution < 1.29 is 26.4 Å². The topological polar surface area (TPSA) is 69.7 Å². The van der Waals surface area contributed by atoms with Gasteiger partial charge < -0.3 is 5.32 Å². The van der Waals surface area contributed by atoms with Crippen LogP contribution in [-0.2, 0) is 14.8 Å². The van der Waals surface area contributed by atoms with Gasteiger partial charge in [-0.2, -0.15) is 4.31 Å². The fourth-order valence-electron chi connectivity index (χ4n) is 2.43. The third-order valence-electron chi connectivity index (χ3n) is 3.69. The maximum atomic E-state index is 13.8. The Balaban J connectivity index is 2.08. The number of hydrogen-bond donors (Lipinski definition) is 1. The second kappa shape index (κ2) is 7.49. The SMILES string of the molecule is CCNC(=O)CN1CCN(S(=O)(=O)c2ccc(F)c(F)c2F)CC1. The number of hydrogen-bond acceptors (Lipinski definition) is 4. The quantitative estimate of drug-likeness (QED) is 0.774. The highest BCUT2D eigenvalue weighted by molar-refractivity contribution is 7.89. The minimum atomic E-state index is -4.27. The number of nitrogens with one attached hydrogen (secondary N) is 1. The zero-order valence-electron chi connectivity index (χ0n) is 13.1. The number of piperazine rings is 1. The minimum Gasteiger partial charge on any atom is -0.355 e. The van der Waals surface area contributed by atoms with E-state index in [-0.39, 0.29) is 38.6 Å². The van der Waals surface area contributed by atoms with Crippen molar-refractivity contribution in [3.63, 3.8) is 0 Å². The molecule has 1 aliphatic heterocycles. The summed E-state index contributed by atoms with van der Waals surface area (Å²) < 4.78 is 65.8. The number of halogens is 3. The van der Waals surface area contributed by atoms with Crippen LogP contribution in [0.5, 0.6) is 0 Å². The number of rotatable bonds is 5. The highest BCUT2D eigenvalue weighted by Crippen LogP contribution is 2.23. The van der Waals surface area contributed by atoms with E-state index in [4.69, 9.17) is 0 Å². The van der Waals surface area contributed by atoms with Gasteiger partial charge in [0.15, 0.2) is 17.5 Å². The molecule has 24 heavy (non-hydrogen) atoms. The van der Waals surface area contributed by atoms with Crippen molar-refractivity contribution in [1.82, 2.24) is 14.5 Å². The van der Waals surface area contributed by atoms with Crippen molar-refractivity contribution in [3.8, 4) is 0 Å². The van der Waals surface area contributed by atoms with Gasteiger partial charge in [0.25, 0.3) is 0 Å². The standard InChI is InChI=1S/C14H18F3N3O3S/c1-2-18-12(21)9-19-5-7-20(8-6-19)24(22,23)11-4-3-10(15)13(16)14(11)17/h3-4H,2,5-9H2,1H3,(H,18,21). The highest BCUT2D eigenvalue weighted by Gasteiger charge is 2.32. The molecule has 1 aromatic rings. The molecule has 1 aliphatic rings. The van der Waals surface area contributed by atoms with E-state index >= 15 is 0 Å². The summed E-state index contributed by atoms with van der Waals surface area (Å²) in [7, 11) is -4.27. The van der Waals surface area contributed by atoms with Crippen LogP contribution in [0.25, 0.3) is 0 Å². The molecule has 1 aromatic carbocycles. The van der Waals surface area contributed by atoms with Crippen molar-refractivity contribution in [2.24, 2.45) is 0 Å². The van der Waals surface area contributed by atoms with E-state index < -0.39 is 32.4 Å². The second-order valence-corrected chi connectivity index (χ2v) is 7.21. The molecule has 0 radical (unpaired) electrons. The Morgan fingerprint density at radius 1 is 1.12 bits per heavy atom. The maximum Gasteiger partial charge on any atom is 0.246 e. The van der Waals surface area contributed by atoms with Gasteiger partial charge in [-0.3, -0.25) is 9.69 Å². The van der Waals surface area contributed by atoms with E-state index in [9.17, 15) is 26.4 Å². The fourth-order valence-corrected chi connectivity index (χ4v) is 3.91. The lowest BCUT2D eigenvalue weighted by atomic mass is 10.3. The Morgan fingerprint density at radius 3 is 2.33 bits per heavy atom. The third kappa shape index (κ3) is 3.87. The van der Waals surface area contributed by atoms with Crippen LogP contribution in [0, 0.1) is 17.5 Å². The lowest BCUT2D eigenvalue weighted by Gasteiger charge is -2.33. The Kier molecular flexibility index (Phi) is 5.83. The van der Waals surface area contributed by atoms with Crippen molar-refractivity contribution in [3.05, 3.63) is 29.6 Å². The van der Waals surface area contributed by atoms with Gasteiger partial charge in [-0.1, -0.05) is 0 Å². The third-order valence-corrected chi connectivity index (χ3v) is 5.61. The monoisotopic (exact) mass is 365 g/mol. The van der Waals surface area contributed by atoms with Gasteiger partial charge in [-0.15, -0.1) is 0 Å². The zero-order chi connectivity index (χ0) is 17.9. The van der Waals surface area contributed by atoms with Crippen LogP contribution in [0.2, 0.25) is 0 Å². The van der Waals surface area contributed by atoms with Crippen LogP contribution in [0.15, 0.2) is 17.0 Å². The molecule has 0 saturated carbocycles. The van der Waals surface area contributed by atoms with Crippen LogP contribution < -0.4 is 5.32 Å². The average Bonchev–Trinajstić information content (AvgIpc) is 2.53. The summed E-state index contributed by atoms with van der Waals surface area (Å²) in [5.41, 5.74) is 0. The van der Waals surface area contributed by atoms with Gasteiger partial charge >= 0.3 is 0 Å². The Labute approximate surface area is 138 Å². The Hall–Kier alpha value is -1.65. The zero-order valence-corrected chi connectivity index (χ0v) is 13.9. The predicted octanol–water partition coefficient (Wildman–Crippen LogP) is 0.546. The van der Waals surface area contributed by atoms with Gasteiger partial charge in [0, 0.05) is 32.7 Å². The molecule has 1 fully saturated rings. The summed E-state index contributed by atoms with van der Waals surface area (Å²) in [4.78, 5) is 12.4. The van der Waals surface area contributed by atoms with Gasteiger partial charge in [0.1, 0.15) is 4.90 Å². The molecule has 0 atom stereocenters. The van der Waals surface area contributed by atoms with Crippen molar-refractivity contribution in [2.75, 3.05) is 39.3 Å². The molecule has 0 unspecified atom stereocenters. The van der Waals surface area contributed by atoms with Crippen LogP contribution in [0.1, 0.15) is 6.92 Å². The van der Waals surface area contributed by atoms with Crippen molar-refractivity contribution in [2.45, 2.75) is 11.8 Å². The Bertz CT molecular complexity index is 719. The molecule has 6 nitrogen and oxygen atoms in total. The molecule has 1 saturated heterocycles. The molecular formula is C14H18F3N3O3S. The van der Waals surface area contributed by atoms with E-state index in [1.165, 1.54) is 0 Å². The lowest BCUT2D eigenvalue weighted by molar-refractivity contribution is -0.122. The molecule has 0 spiro atoms. The van der Waals surface area contributed by atoms with Gasteiger partial charge in [0.2, 0.25) is 15.9 Å². The molecule has 1 amide bonds. The summed E-state index contributed by atoms with van der Waals surface area (Å²) in [5, 5.41) is 2.64. The van der Waals surface area contributed by atoms with E-state index in [1.807, 2.05) is 0 Å². The summed E-state index contributed by atoms with van der Waals surface area (Å²) in [6.45, 7) is 3.05. The first-order valence-corrected chi connectivity index (χ1v) is 8.84. The number of nitrogens with zero attached hydrogens (tertiary/aromatic N) is 2. The first kappa shape index (κ1) is 18.7. The van der Waals surface area contributed by atoms with Crippen molar-refractivity contribution >= 4 is 15.9 Å². The Morgan fingerprint density at radius 2 is 1.75 bits per heavy atom. The molecule has 0 aromatic heterocycles. The van der Waals surface area contributed by atoms with Crippen LogP contribution >= 0.6 is 0 Å². The molecule has 0 bridgehead atoms. The van der Waals surface area contributed by atoms with Gasteiger partial charge in [-0.05, 0) is 19.1 Å². The smallest absolute Gasteiger partial charge is 0.246 e. The first-order chi connectivity index (χ1) is 11.3. The summed E-state index contributed by atoms with van der Waals surface area (Å²) >= 11 is 0. The van der Waals surface area contributed by atoms with Crippen LogP contribution in [0.4, 0.5) is 13.2 Å². The molecule has 10 heteroatoms. The largest absolute Gasteiger partial charge is 0.355 e. The van der Waals surface area contributed by atoms with E-state index in [2.05, 4.69) is 5.32 Å². The summed E-state index contributed by atoms with van der Waals surface area (Å²) in [6, 6.07) is 1.29. The molecule has 1 heterocycles. The number of carbonyl (C=O) groups is 1. The van der Waals surface area contributed by atoms with E-state index in [0.717, 1.165) is 4.31 Å². The average molecular weight is 365 g/mol. The van der Waals surface area contributed by atoms with Crippen LogP contribution in [-0.4, -0.2) is 62.8 Å². The number of carbonyl (C=O) groups excluding carboxylic acids is 1. The number of benzene rings is 1. The van der Waals surface area contributed by atoms with Gasteiger partial charge in [0.05, 0.1) is 6.54 Å². The van der Waals surface area contributed by atoms with E-state index in [0.29, 0.717) is 18.7 Å². The molecular weight excluding hydrogens is 347 g/mol. The summed E-state index contributed by atoms with van der Waals surface area (Å²) in [6.07, 6.45) is 0. The first-order valence-electron chi connectivity index (χ1n) is 7.40. The predicted molar refractivity (Wildman–Crippen MR) is 80.2 cm³/mol. The number of sulfonamides is 1. The van der Waals surface area contributed by atoms with Gasteiger partial charge in [-0.25, -0.2) is 21.6 Å². The molecule has 2 rings (SSSR count). The lowest BCUT2D eigenvalue weighted by Crippen LogP contribution is -2.51. The highest BCUT2D eigenvalue weighted by atomic mass is 32.2. The summed E-state index contributed by atoms with van der Waals surface area (Å²) in [5.74, 6) is -5.15. The number of amides is 1.